The average Bonchev–Trinajstić information content (AvgIpc) is 2.63. The number of sulfonamides is 1. The summed E-state index contributed by atoms with van der Waals surface area (Å²) in [5, 5.41) is 0.778. The Balaban J connectivity index is 2.80. The molecule has 0 bridgehead atoms. The Morgan fingerprint density at radius 1 is 1.44 bits per heavy atom. The summed E-state index contributed by atoms with van der Waals surface area (Å²) in [4.78, 5) is 1.00. The minimum absolute atomic E-state index is 0.0771. The molecule has 0 fully saturated rings. The normalized spacial score (nSPS) is 16.0. The van der Waals surface area contributed by atoms with Gasteiger partial charge in [-0.3, -0.25) is 0 Å². The number of thiophene rings is 1. The Bertz CT molecular complexity index is 441. The van der Waals surface area contributed by atoms with Crippen molar-refractivity contribution < 1.29 is 8.42 Å². The molecular weight excluding hydrogens is 310 g/mol. The molecular formula is C10H16BrNO2S2. The van der Waals surface area contributed by atoms with Crippen LogP contribution in [-0.4, -0.2) is 19.8 Å². The summed E-state index contributed by atoms with van der Waals surface area (Å²) in [6, 6.07) is 3.39. The van der Waals surface area contributed by atoms with E-state index in [4.69, 9.17) is 0 Å². The van der Waals surface area contributed by atoms with Crippen LogP contribution >= 0.6 is 27.3 Å². The number of hydrogen-bond acceptors (Lipinski definition) is 3. The maximum Gasteiger partial charge on any atom is 0.250 e. The van der Waals surface area contributed by atoms with Gasteiger partial charge in [-0.05, 0) is 31.9 Å². The van der Waals surface area contributed by atoms with Crippen molar-refractivity contribution in [2.24, 2.45) is 5.92 Å². The lowest BCUT2D eigenvalue weighted by molar-refractivity contribution is 0.485. The third-order valence-electron chi connectivity index (χ3n) is 2.42. The highest BCUT2D eigenvalue weighted by atomic mass is 79.9. The first-order valence-corrected chi connectivity index (χ1v) is 8.43. The molecule has 1 aromatic heterocycles. The second-order valence-electron chi connectivity index (χ2n) is 3.91. The van der Waals surface area contributed by atoms with Crippen molar-refractivity contribution in [2.75, 3.05) is 5.33 Å². The molecule has 2 unspecified atom stereocenters. The number of aryl methyl sites for hydroxylation is 1. The van der Waals surface area contributed by atoms with Gasteiger partial charge in [0.2, 0.25) is 10.0 Å². The van der Waals surface area contributed by atoms with Crippen LogP contribution in [0.2, 0.25) is 0 Å². The molecule has 0 saturated carbocycles. The Labute approximate surface area is 109 Å². The van der Waals surface area contributed by atoms with Crippen LogP contribution in [0.4, 0.5) is 0 Å². The van der Waals surface area contributed by atoms with E-state index in [1.807, 2.05) is 26.8 Å². The molecule has 1 rings (SSSR count). The van der Waals surface area contributed by atoms with Gasteiger partial charge in [-0.2, -0.15) is 0 Å². The topological polar surface area (TPSA) is 46.2 Å². The second kappa shape index (κ2) is 5.62. The molecule has 0 aliphatic heterocycles. The van der Waals surface area contributed by atoms with Crippen molar-refractivity contribution >= 4 is 37.3 Å². The van der Waals surface area contributed by atoms with E-state index in [2.05, 4.69) is 20.7 Å². The van der Waals surface area contributed by atoms with Gasteiger partial charge in [0.15, 0.2) is 0 Å². The summed E-state index contributed by atoms with van der Waals surface area (Å²) >= 11 is 4.64. The van der Waals surface area contributed by atoms with Gasteiger partial charge < -0.3 is 0 Å². The van der Waals surface area contributed by atoms with Crippen LogP contribution in [0.3, 0.4) is 0 Å². The second-order valence-corrected chi connectivity index (χ2v) is 7.78. The predicted octanol–water partition coefficient (Wildman–Crippen LogP) is 2.75. The minimum Gasteiger partial charge on any atom is -0.207 e. The molecule has 16 heavy (non-hydrogen) atoms. The lowest BCUT2D eigenvalue weighted by Gasteiger charge is -2.18. The van der Waals surface area contributed by atoms with E-state index in [0.717, 1.165) is 10.2 Å². The van der Waals surface area contributed by atoms with Crippen LogP contribution in [0.5, 0.6) is 0 Å². The molecule has 0 saturated heterocycles. The molecule has 3 nitrogen and oxygen atoms in total. The van der Waals surface area contributed by atoms with Gasteiger partial charge in [-0.1, -0.05) is 22.9 Å². The van der Waals surface area contributed by atoms with E-state index in [1.54, 1.807) is 6.07 Å². The number of alkyl halides is 1. The first kappa shape index (κ1) is 14.2. The smallest absolute Gasteiger partial charge is 0.207 e. The van der Waals surface area contributed by atoms with Crippen molar-refractivity contribution in [3.63, 3.8) is 0 Å². The summed E-state index contributed by atoms with van der Waals surface area (Å²) < 4.78 is 27.0. The van der Waals surface area contributed by atoms with Gasteiger partial charge in [-0.25, -0.2) is 13.1 Å². The van der Waals surface area contributed by atoms with Crippen LogP contribution in [-0.2, 0) is 10.0 Å². The Morgan fingerprint density at radius 2 is 2.06 bits per heavy atom. The number of nitrogens with one attached hydrogen (secondary N) is 1. The zero-order valence-electron chi connectivity index (χ0n) is 9.53. The van der Waals surface area contributed by atoms with Crippen LogP contribution in [0.25, 0.3) is 0 Å². The van der Waals surface area contributed by atoms with E-state index in [1.165, 1.54) is 11.3 Å². The van der Waals surface area contributed by atoms with Gasteiger partial charge in [-0.15, -0.1) is 11.3 Å². The lowest BCUT2D eigenvalue weighted by Crippen LogP contribution is -2.37. The fourth-order valence-corrected chi connectivity index (χ4v) is 4.32. The molecule has 1 N–H and O–H groups in total. The van der Waals surface area contributed by atoms with Gasteiger partial charge in [0, 0.05) is 16.2 Å². The van der Waals surface area contributed by atoms with Crippen molar-refractivity contribution in [1.82, 2.24) is 4.72 Å². The van der Waals surface area contributed by atoms with Crippen LogP contribution in [0.15, 0.2) is 16.3 Å². The Hall–Kier alpha value is 0.0900. The summed E-state index contributed by atoms with van der Waals surface area (Å²) in [7, 11) is -3.35. The van der Waals surface area contributed by atoms with E-state index in [-0.39, 0.29) is 12.0 Å². The molecule has 0 radical (unpaired) electrons. The third kappa shape index (κ3) is 3.55. The largest absolute Gasteiger partial charge is 0.250 e. The van der Waals surface area contributed by atoms with Gasteiger partial charge >= 0.3 is 0 Å². The molecule has 92 valence electrons. The van der Waals surface area contributed by atoms with Crippen LogP contribution < -0.4 is 4.72 Å². The van der Waals surface area contributed by atoms with E-state index in [9.17, 15) is 8.42 Å². The number of rotatable bonds is 5. The zero-order chi connectivity index (χ0) is 12.3. The highest BCUT2D eigenvalue weighted by Crippen LogP contribution is 2.21. The van der Waals surface area contributed by atoms with E-state index < -0.39 is 10.0 Å². The third-order valence-corrected chi connectivity index (χ3v) is 6.49. The summed E-state index contributed by atoms with van der Waals surface area (Å²) in [5.74, 6) is 0.260. The van der Waals surface area contributed by atoms with Crippen molar-refractivity contribution in [3.05, 3.63) is 17.0 Å². The molecule has 0 spiro atoms. The minimum atomic E-state index is -3.35. The van der Waals surface area contributed by atoms with Crippen molar-refractivity contribution in [3.8, 4) is 0 Å². The fourth-order valence-electron chi connectivity index (χ4n) is 1.11. The van der Waals surface area contributed by atoms with Crippen molar-refractivity contribution in [2.45, 2.75) is 31.0 Å². The maximum absolute atomic E-state index is 12.0. The molecule has 1 aromatic rings. The molecule has 0 aliphatic rings. The quantitative estimate of drug-likeness (QED) is 0.846. The number of halogens is 1. The Kier molecular flexibility index (Phi) is 4.97. The van der Waals surface area contributed by atoms with Crippen molar-refractivity contribution in [1.29, 1.82) is 0 Å². The highest BCUT2D eigenvalue weighted by Gasteiger charge is 2.21. The van der Waals surface area contributed by atoms with E-state index in [0.29, 0.717) is 4.21 Å². The first-order valence-electron chi connectivity index (χ1n) is 5.01. The van der Waals surface area contributed by atoms with Gasteiger partial charge in [0.25, 0.3) is 0 Å². The summed E-state index contributed by atoms with van der Waals surface area (Å²) in [5.41, 5.74) is 0. The SMILES string of the molecule is Cc1ccc(S(=O)(=O)NC(C)C(C)CBr)s1. The molecule has 0 amide bonds. The molecule has 0 aliphatic carbocycles. The fraction of sp³-hybridized carbons (Fsp3) is 0.600. The molecule has 6 heteroatoms. The number of hydrogen-bond donors (Lipinski definition) is 1. The van der Waals surface area contributed by atoms with Crippen LogP contribution in [0, 0.1) is 12.8 Å². The maximum atomic E-state index is 12.0. The monoisotopic (exact) mass is 325 g/mol. The first-order chi connectivity index (χ1) is 7.36. The summed E-state index contributed by atoms with van der Waals surface area (Å²) in [6.07, 6.45) is 0. The van der Waals surface area contributed by atoms with E-state index >= 15 is 0 Å². The molecule has 0 aromatic carbocycles. The highest BCUT2D eigenvalue weighted by molar-refractivity contribution is 9.09. The lowest BCUT2D eigenvalue weighted by atomic mass is 10.1. The van der Waals surface area contributed by atoms with Crippen LogP contribution in [0.1, 0.15) is 18.7 Å². The summed E-state index contributed by atoms with van der Waals surface area (Å²) in [6.45, 7) is 5.78. The standard InChI is InChI=1S/C10H16BrNO2S2/c1-7(6-11)9(3)12-16(13,14)10-5-4-8(2)15-10/h4-5,7,9,12H,6H2,1-3H3. The zero-order valence-corrected chi connectivity index (χ0v) is 12.7. The molecule has 2 atom stereocenters. The average molecular weight is 326 g/mol. The predicted molar refractivity (Wildman–Crippen MR) is 71.8 cm³/mol. The van der Waals surface area contributed by atoms with Gasteiger partial charge in [0.05, 0.1) is 0 Å². The molecule has 1 heterocycles. The Morgan fingerprint density at radius 3 is 2.50 bits per heavy atom. The van der Waals surface area contributed by atoms with Gasteiger partial charge in [0.1, 0.15) is 4.21 Å².